The number of rotatable bonds is 6. The van der Waals surface area contributed by atoms with Crippen LogP contribution in [-0.2, 0) is 6.54 Å². The smallest absolute Gasteiger partial charge is 0.274 e. The van der Waals surface area contributed by atoms with Crippen molar-refractivity contribution in [3.8, 4) is 5.75 Å². The first-order valence-electron chi connectivity index (χ1n) is 8.59. The summed E-state index contributed by atoms with van der Waals surface area (Å²) in [5.74, 6) is 0.287. The molecule has 0 aliphatic heterocycles. The lowest BCUT2D eigenvalue weighted by Gasteiger charge is -2.23. The van der Waals surface area contributed by atoms with Gasteiger partial charge in [-0.1, -0.05) is 43.3 Å². The summed E-state index contributed by atoms with van der Waals surface area (Å²) in [5.41, 5.74) is 0.790. The Hall–Kier alpha value is -2.66. The van der Waals surface area contributed by atoms with Gasteiger partial charge in [-0.05, 0) is 25.5 Å². The third-order valence-corrected chi connectivity index (χ3v) is 4.41. The molecular weight excluding hydrogens is 314 g/mol. The number of aromatic hydroxyl groups is 1. The summed E-state index contributed by atoms with van der Waals surface area (Å²) >= 11 is 0. The van der Waals surface area contributed by atoms with E-state index in [-0.39, 0.29) is 23.4 Å². The van der Waals surface area contributed by atoms with Crippen LogP contribution in [0.3, 0.4) is 0 Å². The zero-order valence-corrected chi connectivity index (χ0v) is 14.5. The number of hydrogen-bond acceptors (Lipinski definition) is 4. The van der Waals surface area contributed by atoms with Crippen molar-refractivity contribution < 1.29 is 5.11 Å². The molecule has 0 spiro atoms. The van der Waals surface area contributed by atoms with E-state index in [1.54, 1.807) is 12.3 Å². The van der Waals surface area contributed by atoms with Crippen LogP contribution in [0.4, 0.5) is 0 Å². The first kappa shape index (κ1) is 17.2. The van der Waals surface area contributed by atoms with E-state index in [4.69, 9.17) is 0 Å². The Bertz CT molecular complexity index is 920. The molecule has 2 atom stereocenters. The van der Waals surface area contributed by atoms with Crippen LogP contribution in [0.2, 0.25) is 0 Å². The zero-order valence-electron chi connectivity index (χ0n) is 14.5. The second-order valence-corrected chi connectivity index (χ2v) is 6.31. The number of nitrogens with one attached hydrogen (secondary N) is 1. The fourth-order valence-electron chi connectivity index (χ4n) is 3.12. The highest BCUT2D eigenvalue weighted by Gasteiger charge is 2.16. The molecule has 0 bridgehead atoms. The number of aromatic nitrogens is 2. The van der Waals surface area contributed by atoms with Gasteiger partial charge >= 0.3 is 0 Å². The van der Waals surface area contributed by atoms with E-state index in [2.05, 4.69) is 17.3 Å². The third kappa shape index (κ3) is 3.72. The van der Waals surface area contributed by atoms with Gasteiger partial charge in [-0.25, -0.2) is 4.68 Å². The first-order chi connectivity index (χ1) is 12.1. The van der Waals surface area contributed by atoms with Gasteiger partial charge in [0.15, 0.2) is 0 Å². The van der Waals surface area contributed by atoms with Crippen molar-refractivity contribution in [3.05, 3.63) is 70.6 Å². The quantitative estimate of drug-likeness (QED) is 0.725. The molecule has 5 nitrogen and oxygen atoms in total. The van der Waals surface area contributed by atoms with Gasteiger partial charge in [0.2, 0.25) is 0 Å². The Morgan fingerprint density at radius 1 is 1.16 bits per heavy atom. The van der Waals surface area contributed by atoms with Gasteiger partial charge in [-0.15, -0.1) is 0 Å². The van der Waals surface area contributed by atoms with Crippen molar-refractivity contribution >= 4 is 10.8 Å². The maximum absolute atomic E-state index is 12.6. The molecule has 0 saturated carbocycles. The number of phenols is 1. The van der Waals surface area contributed by atoms with E-state index in [1.807, 2.05) is 49.4 Å². The number of phenolic OH excluding ortho intramolecular Hbond substituents is 1. The molecule has 3 aromatic rings. The van der Waals surface area contributed by atoms with Crippen LogP contribution in [0.1, 0.15) is 31.9 Å². The summed E-state index contributed by atoms with van der Waals surface area (Å²) in [5, 5.41) is 19.4. The van der Waals surface area contributed by atoms with Crippen LogP contribution in [0.5, 0.6) is 5.75 Å². The SMILES string of the molecule is CC[C@@H](N[C@H](C)Cn1ncc2ccccc2c1=O)c1ccccc1O. The molecule has 0 aliphatic rings. The van der Waals surface area contributed by atoms with Crippen LogP contribution in [0.15, 0.2) is 59.5 Å². The van der Waals surface area contributed by atoms with Gasteiger partial charge in [-0.3, -0.25) is 4.79 Å². The van der Waals surface area contributed by atoms with E-state index in [0.717, 1.165) is 17.4 Å². The zero-order chi connectivity index (χ0) is 17.8. The van der Waals surface area contributed by atoms with E-state index in [9.17, 15) is 9.90 Å². The van der Waals surface area contributed by atoms with Gasteiger partial charge in [0.25, 0.3) is 5.56 Å². The van der Waals surface area contributed by atoms with Crippen molar-refractivity contribution in [2.24, 2.45) is 0 Å². The van der Waals surface area contributed by atoms with Crippen LogP contribution in [0, 0.1) is 0 Å². The number of benzene rings is 2. The molecule has 0 aliphatic carbocycles. The Balaban J connectivity index is 1.78. The van der Waals surface area contributed by atoms with E-state index >= 15 is 0 Å². The van der Waals surface area contributed by atoms with Gasteiger partial charge in [0, 0.05) is 23.0 Å². The molecule has 1 heterocycles. The Kier molecular flexibility index (Phi) is 5.14. The highest BCUT2D eigenvalue weighted by atomic mass is 16.3. The molecule has 1 aromatic heterocycles. The number of para-hydroxylation sites is 1. The Labute approximate surface area is 146 Å². The number of fused-ring (bicyclic) bond motifs is 1. The van der Waals surface area contributed by atoms with Gasteiger partial charge in [0.05, 0.1) is 18.1 Å². The predicted molar refractivity (Wildman–Crippen MR) is 99.7 cm³/mol. The summed E-state index contributed by atoms with van der Waals surface area (Å²) in [6, 6.07) is 14.9. The molecular formula is C20H23N3O2. The maximum atomic E-state index is 12.6. The second kappa shape index (κ2) is 7.49. The lowest BCUT2D eigenvalue weighted by Crippen LogP contribution is -2.37. The highest BCUT2D eigenvalue weighted by molar-refractivity contribution is 5.80. The monoisotopic (exact) mass is 337 g/mol. The van der Waals surface area contributed by atoms with Crippen LogP contribution in [0.25, 0.3) is 10.8 Å². The van der Waals surface area contributed by atoms with Crippen molar-refractivity contribution in [1.29, 1.82) is 0 Å². The lowest BCUT2D eigenvalue weighted by molar-refractivity contribution is 0.375. The topological polar surface area (TPSA) is 67.2 Å². The minimum Gasteiger partial charge on any atom is -0.508 e. The van der Waals surface area contributed by atoms with Gasteiger partial charge in [-0.2, -0.15) is 5.10 Å². The summed E-state index contributed by atoms with van der Waals surface area (Å²) in [6.07, 6.45) is 2.56. The molecule has 2 N–H and O–H groups in total. The summed E-state index contributed by atoms with van der Waals surface area (Å²) < 4.78 is 1.50. The highest BCUT2D eigenvalue weighted by Crippen LogP contribution is 2.26. The van der Waals surface area contributed by atoms with E-state index in [0.29, 0.717) is 11.9 Å². The summed E-state index contributed by atoms with van der Waals surface area (Å²) in [6.45, 7) is 4.55. The minimum atomic E-state index is -0.0812. The molecule has 25 heavy (non-hydrogen) atoms. The fraction of sp³-hybridized carbons (Fsp3) is 0.300. The van der Waals surface area contributed by atoms with E-state index < -0.39 is 0 Å². The molecule has 0 unspecified atom stereocenters. The number of nitrogens with zero attached hydrogens (tertiary/aromatic N) is 2. The molecule has 0 radical (unpaired) electrons. The summed E-state index contributed by atoms with van der Waals surface area (Å²) in [4.78, 5) is 12.6. The largest absolute Gasteiger partial charge is 0.508 e. The van der Waals surface area contributed by atoms with Crippen LogP contribution < -0.4 is 10.9 Å². The average Bonchev–Trinajstić information content (AvgIpc) is 2.63. The average molecular weight is 337 g/mol. The molecule has 0 fully saturated rings. The normalized spacial score (nSPS) is 13.7. The molecule has 2 aromatic carbocycles. The fourth-order valence-corrected chi connectivity index (χ4v) is 3.12. The Morgan fingerprint density at radius 2 is 1.88 bits per heavy atom. The molecule has 0 saturated heterocycles. The summed E-state index contributed by atoms with van der Waals surface area (Å²) in [7, 11) is 0. The van der Waals surface area contributed by atoms with Crippen molar-refractivity contribution in [3.63, 3.8) is 0 Å². The molecule has 3 rings (SSSR count). The lowest BCUT2D eigenvalue weighted by atomic mass is 10.0. The first-order valence-corrected chi connectivity index (χ1v) is 8.59. The second-order valence-electron chi connectivity index (χ2n) is 6.31. The van der Waals surface area contributed by atoms with Gasteiger partial charge in [0.1, 0.15) is 5.75 Å². The van der Waals surface area contributed by atoms with Crippen LogP contribution in [-0.4, -0.2) is 20.9 Å². The Morgan fingerprint density at radius 3 is 2.64 bits per heavy atom. The van der Waals surface area contributed by atoms with Crippen LogP contribution >= 0.6 is 0 Å². The molecule has 5 heteroatoms. The minimum absolute atomic E-state index is 0.0207. The van der Waals surface area contributed by atoms with Crippen molar-refractivity contribution in [2.45, 2.75) is 38.9 Å². The van der Waals surface area contributed by atoms with Crippen molar-refractivity contribution in [2.75, 3.05) is 0 Å². The van der Waals surface area contributed by atoms with Gasteiger partial charge < -0.3 is 10.4 Å². The molecule has 0 amide bonds. The maximum Gasteiger partial charge on any atom is 0.274 e. The number of hydrogen-bond donors (Lipinski definition) is 2. The van der Waals surface area contributed by atoms with E-state index in [1.165, 1.54) is 4.68 Å². The third-order valence-electron chi connectivity index (χ3n) is 4.41. The predicted octanol–water partition coefficient (Wildman–Crippen LogP) is 3.23. The molecule has 130 valence electrons. The standard InChI is InChI=1S/C20H23N3O2/c1-3-18(17-10-6-7-11-19(17)24)22-14(2)13-23-20(25)16-9-5-4-8-15(16)12-21-23/h4-12,14,18,22,24H,3,13H2,1-2H3/t14-,18-/m1/s1. The van der Waals surface area contributed by atoms with Crippen molar-refractivity contribution in [1.82, 2.24) is 15.1 Å².